The molecule has 2 heteroatoms. The van der Waals surface area contributed by atoms with Gasteiger partial charge in [-0.05, 0) is 30.7 Å². The molecule has 0 N–H and O–H groups in total. The molecule has 0 fully saturated rings. The van der Waals surface area contributed by atoms with E-state index >= 15 is 0 Å². The molecule has 0 aromatic heterocycles. The van der Waals surface area contributed by atoms with Crippen molar-refractivity contribution in [3.05, 3.63) is 54.1 Å². The molecule has 0 saturated carbocycles. The van der Waals surface area contributed by atoms with Gasteiger partial charge in [0, 0.05) is 4.90 Å². The first-order chi connectivity index (χ1) is 7.27. The number of hydrogen-bond acceptors (Lipinski definition) is 2. The Morgan fingerprint density at radius 1 is 0.933 bits per heavy atom. The van der Waals surface area contributed by atoms with Crippen LogP contribution in [0.1, 0.15) is 5.56 Å². The smallest absolute Gasteiger partial charge is 0.143 e. The topological polar surface area (TPSA) is 9.23 Å². The lowest BCUT2D eigenvalue weighted by Gasteiger charge is -2.10. The van der Waals surface area contributed by atoms with Crippen LogP contribution in [0.15, 0.2) is 53.4 Å². The summed E-state index contributed by atoms with van der Waals surface area (Å²) < 4.78 is 5.76. The summed E-state index contributed by atoms with van der Waals surface area (Å²) in [5.74, 6) is 1.66. The van der Waals surface area contributed by atoms with E-state index in [1.54, 1.807) is 0 Å². The highest BCUT2D eigenvalue weighted by Crippen LogP contribution is 2.30. The fourth-order valence-electron chi connectivity index (χ4n) is 1.38. The fraction of sp³-hybridized carbons (Fsp3) is 0.0769. The molecule has 2 aromatic carbocycles. The maximum absolute atomic E-state index is 5.76. The number of benzene rings is 2. The number of thiol groups is 1. The molecule has 2 rings (SSSR count). The molecule has 0 saturated heterocycles. The van der Waals surface area contributed by atoms with Gasteiger partial charge in [-0.2, -0.15) is 0 Å². The Morgan fingerprint density at radius 3 is 2.33 bits per heavy atom. The summed E-state index contributed by atoms with van der Waals surface area (Å²) in [7, 11) is 0. The monoisotopic (exact) mass is 216 g/mol. The van der Waals surface area contributed by atoms with Gasteiger partial charge in [0.1, 0.15) is 11.5 Å². The van der Waals surface area contributed by atoms with Gasteiger partial charge in [-0.15, -0.1) is 12.6 Å². The second-order valence-corrected chi connectivity index (χ2v) is 3.82. The van der Waals surface area contributed by atoms with Crippen LogP contribution in [0, 0.1) is 6.92 Å². The Balaban J connectivity index is 2.32. The minimum absolute atomic E-state index is 0.826. The van der Waals surface area contributed by atoms with Crippen LogP contribution < -0.4 is 4.74 Å². The Kier molecular flexibility index (Phi) is 2.97. The van der Waals surface area contributed by atoms with Crippen LogP contribution in [0.2, 0.25) is 0 Å². The molecule has 0 aliphatic heterocycles. The first-order valence-electron chi connectivity index (χ1n) is 4.79. The zero-order valence-corrected chi connectivity index (χ0v) is 9.37. The molecule has 0 aliphatic rings. The van der Waals surface area contributed by atoms with Crippen molar-refractivity contribution in [2.24, 2.45) is 0 Å². The quantitative estimate of drug-likeness (QED) is 0.744. The van der Waals surface area contributed by atoms with E-state index in [4.69, 9.17) is 4.74 Å². The predicted molar refractivity (Wildman–Crippen MR) is 64.9 cm³/mol. The molecule has 0 spiro atoms. The molecule has 0 amide bonds. The summed E-state index contributed by atoms with van der Waals surface area (Å²) in [6.07, 6.45) is 0. The van der Waals surface area contributed by atoms with Crippen molar-refractivity contribution in [1.29, 1.82) is 0 Å². The highest BCUT2D eigenvalue weighted by Gasteiger charge is 2.04. The summed E-state index contributed by atoms with van der Waals surface area (Å²) in [6, 6.07) is 15.6. The third-order valence-corrected chi connectivity index (χ3v) is 2.51. The third kappa shape index (κ3) is 2.34. The molecule has 2 aromatic rings. The van der Waals surface area contributed by atoms with E-state index in [-0.39, 0.29) is 0 Å². The van der Waals surface area contributed by atoms with Crippen LogP contribution in [0.4, 0.5) is 0 Å². The number of ether oxygens (including phenoxy) is 1. The molecule has 0 unspecified atom stereocenters. The molecule has 0 aliphatic carbocycles. The van der Waals surface area contributed by atoms with Crippen molar-refractivity contribution >= 4 is 12.6 Å². The fourth-order valence-corrected chi connectivity index (χ4v) is 1.68. The van der Waals surface area contributed by atoms with Crippen molar-refractivity contribution in [1.82, 2.24) is 0 Å². The Hall–Kier alpha value is -1.41. The zero-order chi connectivity index (χ0) is 10.7. The molecule has 1 nitrogen and oxygen atoms in total. The van der Waals surface area contributed by atoms with Crippen molar-refractivity contribution in [2.45, 2.75) is 11.8 Å². The summed E-state index contributed by atoms with van der Waals surface area (Å²) in [5, 5.41) is 0. The van der Waals surface area contributed by atoms with Gasteiger partial charge in [0.15, 0.2) is 0 Å². The summed E-state index contributed by atoms with van der Waals surface area (Å²) in [6.45, 7) is 2.01. The third-order valence-electron chi connectivity index (χ3n) is 2.15. The van der Waals surface area contributed by atoms with E-state index < -0.39 is 0 Å². The van der Waals surface area contributed by atoms with Gasteiger partial charge in [0.2, 0.25) is 0 Å². The molecule has 0 atom stereocenters. The Bertz CT molecular complexity index is 431. The van der Waals surface area contributed by atoms with Crippen LogP contribution in [-0.4, -0.2) is 0 Å². The Morgan fingerprint density at radius 2 is 1.67 bits per heavy atom. The second-order valence-electron chi connectivity index (χ2n) is 3.34. The average molecular weight is 216 g/mol. The number of rotatable bonds is 2. The van der Waals surface area contributed by atoms with E-state index in [0.29, 0.717) is 0 Å². The van der Waals surface area contributed by atoms with Crippen LogP contribution in [0.25, 0.3) is 0 Å². The minimum Gasteiger partial charge on any atom is -0.456 e. The SMILES string of the molecule is Cc1cccc(S)c1Oc1ccccc1. The van der Waals surface area contributed by atoms with E-state index in [2.05, 4.69) is 12.6 Å². The minimum atomic E-state index is 0.826. The van der Waals surface area contributed by atoms with Crippen LogP contribution in [-0.2, 0) is 0 Å². The van der Waals surface area contributed by atoms with Crippen molar-refractivity contribution in [2.75, 3.05) is 0 Å². The molecule has 0 bridgehead atoms. The lowest BCUT2D eigenvalue weighted by molar-refractivity contribution is 0.467. The molecular formula is C13H12OS. The van der Waals surface area contributed by atoms with Crippen LogP contribution in [0.5, 0.6) is 11.5 Å². The number of para-hydroxylation sites is 2. The van der Waals surface area contributed by atoms with Gasteiger partial charge in [-0.25, -0.2) is 0 Å². The maximum Gasteiger partial charge on any atom is 0.143 e. The lowest BCUT2D eigenvalue weighted by atomic mass is 10.2. The van der Waals surface area contributed by atoms with Gasteiger partial charge in [-0.3, -0.25) is 0 Å². The van der Waals surface area contributed by atoms with E-state index in [9.17, 15) is 0 Å². The van der Waals surface area contributed by atoms with E-state index in [1.165, 1.54) is 0 Å². The summed E-state index contributed by atoms with van der Waals surface area (Å²) >= 11 is 4.37. The highest BCUT2D eigenvalue weighted by atomic mass is 32.1. The average Bonchev–Trinajstić information content (AvgIpc) is 2.25. The van der Waals surface area contributed by atoms with Gasteiger partial charge >= 0.3 is 0 Å². The van der Waals surface area contributed by atoms with Crippen molar-refractivity contribution < 1.29 is 4.74 Å². The highest BCUT2D eigenvalue weighted by molar-refractivity contribution is 7.80. The molecule has 0 heterocycles. The lowest BCUT2D eigenvalue weighted by Crippen LogP contribution is -1.88. The zero-order valence-electron chi connectivity index (χ0n) is 8.47. The van der Waals surface area contributed by atoms with Crippen LogP contribution in [0.3, 0.4) is 0 Å². The standard InChI is InChI=1S/C13H12OS/c1-10-6-5-9-12(15)13(10)14-11-7-3-2-4-8-11/h2-9,15H,1H3. The van der Waals surface area contributed by atoms with Gasteiger partial charge in [0.25, 0.3) is 0 Å². The largest absolute Gasteiger partial charge is 0.456 e. The predicted octanol–water partition coefficient (Wildman–Crippen LogP) is 4.08. The normalized spacial score (nSPS) is 10.0. The summed E-state index contributed by atoms with van der Waals surface area (Å²) in [4.78, 5) is 0.860. The van der Waals surface area contributed by atoms with Crippen LogP contribution >= 0.6 is 12.6 Å². The van der Waals surface area contributed by atoms with Gasteiger partial charge in [-0.1, -0.05) is 30.3 Å². The van der Waals surface area contributed by atoms with E-state index in [1.807, 2.05) is 55.5 Å². The van der Waals surface area contributed by atoms with E-state index in [0.717, 1.165) is 22.0 Å². The molecular weight excluding hydrogens is 204 g/mol. The van der Waals surface area contributed by atoms with Crippen molar-refractivity contribution in [3.8, 4) is 11.5 Å². The maximum atomic E-state index is 5.76. The number of hydrogen-bond donors (Lipinski definition) is 1. The number of aryl methyl sites for hydroxylation is 1. The van der Waals surface area contributed by atoms with Gasteiger partial charge in [0.05, 0.1) is 0 Å². The molecule has 15 heavy (non-hydrogen) atoms. The molecule has 76 valence electrons. The van der Waals surface area contributed by atoms with Gasteiger partial charge < -0.3 is 4.74 Å². The van der Waals surface area contributed by atoms with Crippen molar-refractivity contribution in [3.63, 3.8) is 0 Å². The molecule has 0 radical (unpaired) electrons. The second kappa shape index (κ2) is 4.41. The first kappa shape index (κ1) is 10.1. The summed E-state index contributed by atoms with van der Waals surface area (Å²) in [5.41, 5.74) is 1.09. The first-order valence-corrected chi connectivity index (χ1v) is 5.23. The Labute approximate surface area is 95.1 Å².